The number of carbonyl (C=O) groups is 3. The number of carboxylic acid groups (broad SMARTS) is 1. The van der Waals surface area contributed by atoms with Crippen LogP contribution in [-0.2, 0) is 22.6 Å². The molecular weight excluding hydrogens is 266 g/mol. The minimum Gasteiger partial charge on any atom is -0.480 e. The maximum absolute atomic E-state index is 12.0. The molecular formula is C11H15N5O4. The molecule has 2 rings (SSSR count). The summed E-state index contributed by atoms with van der Waals surface area (Å²) in [5.74, 6) is -1.63. The second-order valence-electron chi connectivity index (χ2n) is 4.46. The summed E-state index contributed by atoms with van der Waals surface area (Å²) in [6, 6.07) is -1.52. The van der Waals surface area contributed by atoms with E-state index in [-0.39, 0.29) is 25.9 Å². The predicted octanol–water partition coefficient (Wildman–Crippen LogP) is -1.19. The van der Waals surface area contributed by atoms with Gasteiger partial charge in [-0.05, 0) is 0 Å². The van der Waals surface area contributed by atoms with Gasteiger partial charge in [-0.2, -0.15) is 0 Å². The Morgan fingerprint density at radius 1 is 1.55 bits per heavy atom. The van der Waals surface area contributed by atoms with Crippen molar-refractivity contribution in [1.82, 2.24) is 20.2 Å². The van der Waals surface area contributed by atoms with Gasteiger partial charge in [0, 0.05) is 19.4 Å². The van der Waals surface area contributed by atoms with Gasteiger partial charge in [0.05, 0.1) is 24.3 Å². The van der Waals surface area contributed by atoms with Gasteiger partial charge >= 0.3 is 12.0 Å². The van der Waals surface area contributed by atoms with Crippen LogP contribution in [0.5, 0.6) is 0 Å². The minimum atomic E-state index is -1.09. The van der Waals surface area contributed by atoms with Gasteiger partial charge in [-0.25, -0.2) is 14.6 Å². The highest BCUT2D eigenvalue weighted by Gasteiger charge is 2.35. The van der Waals surface area contributed by atoms with Gasteiger partial charge in [-0.15, -0.1) is 0 Å². The molecule has 1 atom stereocenters. The number of aromatic amines is 1. The lowest BCUT2D eigenvalue weighted by molar-refractivity contribution is -0.142. The van der Waals surface area contributed by atoms with E-state index in [0.717, 1.165) is 0 Å². The Morgan fingerprint density at radius 2 is 2.30 bits per heavy atom. The van der Waals surface area contributed by atoms with Crippen LogP contribution >= 0.6 is 0 Å². The van der Waals surface area contributed by atoms with E-state index < -0.39 is 23.9 Å². The summed E-state index contributed by atoms with van der Waals surface area (Å²) in [6.07, 6.45) is 1.63. The Morgan fingerprint density at radius 3 is 2.95 bits per heavy atom. The van der Waals surface area contributed by atoms with Crippen LogP contribution < -0.4 is 11.1 Å². The Bertz CT molecular complexity index is 541. The number of nitrogens with two attached hydrogens (primary N) is 1. The van der Waals surface area contributed by atoms with Crippen LogP contribution in [-0.4, -0.2) is 50.5 Å². The number of primary amides is 1. The normalized spacial score (nSPS) is 17.4. The van der Waals surface area contributed by atoms with E-state index in [2.05, 4.69) is 15.3 Å². The van der Waals surface area contributed by atoms with Crippen molar-refractivity contribution in [3.8, 4) is 0 Å². The van der Waals surface area contributed by atoms with Crippen molar-refractivity contribution in [3.05, 3.63) is 17.7 Å². The molecule has 0 radical (unpaired) electrons. The van der Waals surface area contributed by atoms with Gasteiger partial charge in [0.15, 0.2) is 0 Å². The number of carbonyl (C=O) groups excluding carboxylic acids is 2. The topological polar surface area (TPSA) is 141 Å². The highest BCUT2D eigenvalue weighted by atomic mass is 16.4. The molecule has 0 saturated heterocycles. The summed E-state index contributed by atoms with van der Waals surface area (Å²) in [5, 5.41) is 11.7. The molecule has 0 fully saturated rings. The Kier molecular flexibility index (Phi) is 3.87. The molecule has 0 saturated carbocycles. The Hall–Kier alpha value is -2.58. The van der Waals surface area contributed by atoms with E-state index in [0.29, 0.717) is 11.4 Å². The lowest BCUT2D eigenvalue weighted by atomic mass is 10.0. The molecule has 0 bridgehead atoms. The third-order valence-corrected chi connectivity index (χ3v) is 3.09. The first-order valence-corrected chi connectivity index (χ1v) is 6.05. The first-order valence-electron chi connectivity index (χ1n) is 6.05. The number of rotatable bonds is 4. The number of hydrogen-bond acceptors (Lipinski definition) is 4. The van der Waals surface area contributed by atoms with Gasteiger partial charge in [0.2, 0.25) is 5.91 Å². The number of imidazole rings is 1. The number of nitrogens with zero attached hydrogens (tertiary/aromatic N) is 2. The first-order chi connectivity index (χ1) is 9.49. The van der Waals surface area contributed by atoms with E-state index in [1.165, 1.54) is 11.2 Å². The van der Waals surface area contributed by atoms with E-state index in [1.807, 2.05) is 0 Å². The molecule has 1 aliphatic rings. The van der Waals surface area contributed by atoms with Gasteiger partial charge in [-0.3, -0.25) is 4.79 Å². The van der Waals surface area contributed by atoms with Crippen LogP contribution in [0.3, 0.4) is 0 Å². The molecule has 108 valence electrons. The van der Waals surface area contributed by atoms with Gasteiger partial charge in [-0.1, -0.05) is 0 Å². The predicted molar refractivity (Wildman–Crippen MR) is 66.5 cm³/mol. The lowest BCUT2D eigenvalue weighted by Gasteiger charge is -2.32. The molecule has 0 spiro atoms. The highest BCUT2D eigenvalue weighted by molar-refractivity contribution is 5.83. The largest absolute Gasteiger partial charge is 0.480 e. The molecule has 3 amide bonds. The fourth-order valence-corrected chi connectivity index (χ4v) is 2.06. The Balaban J connectivity index is 2.06. The smallest absolute Gasteiger partial charge is 0.326 e. The number of hydrogen-bond donors (Lipinski definition) is 4. The van der Waals surface area contributed by atoms with E-state index in [1.54, 1.807) is 0 Å². The maximum atomic E-state index is 12.0. The van der Waals surface area contributed by atoms with E-state index in [9.17, 15) is 19.5 Å². The highest BCUT2D eigenvalue weighted by Crippen LogP contribution is 2.20. The summed E-state index contributed by atoms with van der Waals surface area (Å²) in [6.45, 7) is 0.210. The zero-order valence-electron chi connectivity index (χ0n) is 10.6. The van der Waals surface area contributed by atoms with E-state index in [4.69, 9.17) is 5.73 Å². The van der Waals surface area contributed by atoms with Crippen molar-refractivity contribution < 1.29 is 19.5 Å². The van der Waals surface area contributed by atoms with Crippen LogP contribution in [0.1, 0.15) is 17.8 Å². The summed E-state index contributed by atoms with van der Waals surface area (Å²) in [5.41, 5.74) is 6.34. The zero-order valence-corrected chi connectivity index (χ0v) is 10.6. The number of amides is 3. The molecule has 5 N–H and O–H groups in total. The minimum absolute atomic E-state index is 0.00657. The van der Waals surface area contributed by atoms with Crippen LogP contribution in [0.25, 0.3) is 0 Å². The van der Waals surface area contributed by atoms with Crippen LogP contribution in [0, 0.1) is 0 Å². The van der Waals surface area contributed by atoms with Gasteiger partial charge in [0.25, 0.3) is 0 Å². The number of urea groups is 1. The molecule has 0 aliphatic carbocycles. The summed E-state index contributed by atoms with van der Waals surface area (Å²) in [4.78, 5) is 42.0. The number of aliphatic carboxylic acids is 1. The van der Waals surface area contributed by atoms with Crippen molar-refractivity contribution >= 4 is 17.9 Å². The summed E-state index contributed by atoms with van der Waals surface area (Å²) < 4.78 is 0. The lowest BCUT2D eigenvalue weighted by Crippen LogP contribution is -2.52. The second kappa shape index (κ2) is 5.59. The van der Waals surface area contributed by atoms with Crippen molar-refractivity contribution in [2.45, 2.75) is 25.4 Å². The fraction of sp³-hybridized carbons (Fsp3) is 0.455. The zero-order chi connectivity index (χ0) is 14.7. The SMILES string of the molecule is NC(=O)CCNC(=O)N1Cc2[nH]cnc2CC1C(=O)O. The number of aromatic nitrogens is 2. The first kappa shape index (κ1) is 13.8. The number of carboxylic acids is 1. The molecule has 9 nitrogen and oxygen atoms in total. The monoisotopic (exact) mass is 281 g/mol. The molecule has 2 heterocycles. The van der Waals surface area contributed by atoms with Crippen LogP contribution in [0.4, 0.5) is 4.79 Å². The molecule has 1 unspecified atom stereocenters. The quantitative estimate of drug-likeness (QED) is 0.548. The van der Waals surface area contributed by atoms with Gasteiger partial charge < -0.3 is 26.0 Å². The standard InChI is InChI=1S/C11H15N5O4/c12-9(17)1-2-13-11(20)16-4-7-6(14-5-15-7)3-8(16)10(18)19/h5,8H,1-4H2,(H2,12,17)(H,13,20)(H,14,15)(H,18,19). The van der Waals surface area contributed by atoms with Gasteiger partial charge in [0.1, 0.15) is 6.04 Å². The Labute approximate surface area is 114 Å². The van der Waals surface area contributed by atoms with Crippen molar-refractivity contribution in [2.75, 3.05) is 6.54 Å². The summed E-state index contributed by atoms with van der Waals surface area (Å²) >= 11 is 0. The molecule has 0 aromatic carbocycles. The molecule has 20 heavy (non-hydrogen) atoms. The summed E-state index contributed by atoms with van der Waals surface area (Å²) in [7, 11) is 0. The average molecular weight is 281 g/mol. The van der Waals surface area contributed by atoms with Crippen molar-refractivity contribution in [1.29, 1.82) is 0 Å². The molecule has 9 heteroatoms. The molecule has 1 aromatic heterocycles. The van der Waals surface area contributed by atoms with Crippen LogP contribution in [0.15, 0.2) is 6.33 Å². The molecule has 1 aromatic rings. The third-order valence-electron chi connectivity index (χ3n) is 3.09. The number of nitrogens with one attached hydrogen (secondary N) is 2. The maximum Gasteiger partial charge on any atom is 0.326 e. The van der Waals surface area contributed by atoms with Crippen molar-refractivity contribution in [2.24, 2.45) is 5.73 Å². The average Bonchev–Trinajstić information content (AvgIpc) is 2.83. The fourth-order valence-electron chi connectivity index (χ4n) is 2.06. The van der Waals surface area contributed by atoms with Crippen molar-refractivity contribution in [3.63, 3.8) is 0 Å². The third kappa shape index (κ3) is 2.87. The number of fused-ring (bicyclic) bond motifs is 1. The number of H-pyrrole nitrogens is 1. The molecule has 1 aliphatic heterocycles. The second-order valence-corrected chi connectivity index (χ2v) is 4.46. The van der Waals surface area contributed by atoms with E-state index >= 15 is 0 Å². The van der Waals surface area contributed by atoms with Crippen LogP contribution in [0.2, 0.25) is 0 Å².